The number of ether oxygens (including phenoxy) is 1. The monoisotopic (exact) mass is 458 g/mol. The highest BCUT2D eigenvalue weighted by Gasteiger charge is 2.46. The number of fused-ring (bicyclic) bond motifs is 3. The van der Waals surface area contributed by atoms with Gasteiger partial charge in [0.15, 0.2) is 0 Å². The highest BCUT2D eigenvalue weighted by Crippen LogP contribution is 2.55. The second-order valence-corrected chi connectivity index (χ2v) is 10.2. The van der Waals surface area contributed by atoms with Gasteiger partial charge >= 0.3 is 0 Å². The lowest BCUT2D eigenvalue weighted by molar-refractivity contribution is 0.0808. The zero-order valence-electron chi connectivity index (χ0n) is 20.1. The number of benzene rings is 2. The van der Waals surface area contributed by atoms with E-state index in [0.717, 1.165) is 37.1 Å². The van der Waals surface area contributed by atoms with Crippen LogP contribution in [-0.2, 0) is 19.6 Å². The van der Waals surface area contributed by atoms with Crippen LogP contribution in [0.3, 0.4) is 0 Å². The minimum Gasteiger partial charge on any atom is -0.487 e. The molecule has 1 N–H and O–H groups in total. The number of aryl methyl sites for hydroxylation is 1. The van der Waals surface area contributed by atoms with Gasteiger partial charge in [-0.2, -0.15) is 0 Å². The maximum atomic E-state index is 9.23. The van der Waals surface area contributed by atoms with E-state index in [-0.39, 0.29) is 5.41 Å². The number of nitrogens with zero attached hydrogens (tertiary/aromatic N) is 4. The smallest absolute Gasteiger partial charge is 0.134 e. The third-order valence-electron chi connectivity index (χ3n) is 8.09. The molecule has 0 amide bonds. The molecule has 4 atom stereocenters. The quantitative estimate of drug-likeness (QED) is 0.274. The van der Waals surface area contributed by atoms with Gasteiger partial charge in [0.25, 0.3) is 0 Å². The van der Waals surface area contributed by atoms with Crippen molar-refractivity contribution in [3.63, 3.8) is 0 Å². The van der Waals surface area contributed by atoms with Crippen LogP contribution >= 0.6 is 0 Å². The summed E-state index contributed by atoms with van der Waals surface area (Å²) in [5, 5.41) is 21.2. The third-order valence-corrected chi connectivity index (χ3v) is 8.09. The van der Waals surface area contributed by atoms with Crippen molar-refractivity contribution >= 4 is 6.21 Å². The Morgan fingerprint density at radius 2 is 2.06 bits per heavy atom. The maximum Gasteiger partial charge on any atom is 0.134 e. The fourth-order valence-corrected chi connectivity index (χ4v) is 6.47. The highest BCUT2D eigenvalue weighted by atomic mass is 16.5. The first kappa shape index (κ1) is 22.6. The normalized spacial score (nSPS) is 26.2. The summed E-state index contributed by atoms with van der Waals surface area (Å²) in [5.74, 6) is 2.67. The Balaban J connectivity index is 1.25. The van der Waals surface area contributed by atoms with Crippen molar-refractivity contribution in [2.24, 2.45) is 22.4 Å². The molecule has 0 unspecified atom stereocenters. The summed E-state index contributed by atoms with van der Waals surface area (Å²) in [6, 6.07) is 16.9. The van der Waals surface area contributed by atoms with Crippen molar-refractivity contribution in [3.8, 4) is 5.75 Å². The molecule has 0 saturated heterocycles. The van der Waals surface area contributed by atoms with Gasteiger partial charge in [-0.25, -0.2) is 4.68 Å². The van der Waals surface area contributed by atoms with Crippen molar-refractivity contribution in [2.45, 2.75) is 65.0 Å². The van der Waals surface area contributed by atoms with Gasteiger partial charge < -0.3 is 9.94 Å². The topological polar surface area (TPSA) is 72.5 Å². The van der Waals surface area contributed by atoms with Crippen LogP contribution in [0.5, 0.6) is 5.75 Å². The van der Waals surface area contributed by atoms with Crippen LogP contribution in [0.25, 0.3) is 0 Å². The van der Waals surface area contributed by atoms with Crippen LogP contribution in [0.4, 0.5) is 0 Å². The standard InChI is InChI=1S/C28H34N4O2/c1-3-27-26-11-9-21-15-23(10-12-24(21)25(26)13-14-28(27,2)19-29-33)34-18-22-17-32(31-30-22)16-20-7-5-4-6-8-20/h4-8,10,12,15,17,19,25-27,33H,3,9,11,13-14,16,18H2,1-2H3/b29-19+/t25-,26-,27+,28-/m1/s1. The van der Waals surface area contributed by atoms with Gasteiger partial charge in [-0.05, 0) is 72.3 Å². The van der Waals surface area contributed by atoms with Gasteiger partial charge in [0.05, 0.1) is 12.7 Å². The Morgan fingerprint density at radius 1 is 1.21 bits per heavy atom. The van der Waals surface area contributed by atoms with Crippen molar-refractivity contribution in [2.75, 3.05) is 0 Å². The van der Waals surface area contributed by atoms with E-state index in [4.69, 9.17) is 4.74 Å². The molecule has 1 fully saturated rings. The van der Waals surface area contributed by atoms with Gasteiger partial charge in [0.1, 0.15) is 18.1 Å². The van der Waals surface area contributed by atoms with Gasteiger partial charge in [0.2, 0.25) is 0 Å². The van der Waals surface area contributed by atoms with Gasteiger partial charge in [-0.3, -0.25) is 0 Å². The molecule has 0 bridgehead atoms. The lowest BCUT2D eigenvalue weighted by Gasteiger charge is -2.50. The first-order valence-corrected chi connectivity index (χ1v) is 12.5. The minimum atomic E-state index is -0.0107. The molecule has 2 aliphatic carbocycles. The van der Waals surface area contributed by atoms with Crippen LogP contribution in [0, 0.1) is 17.3 Å². The molecular formula is C28H34N4O2. The Bertz CT molecular complexity index is 1140. The molecule has 2 aromatic carbocycles. The molecule has 1 heterocycles. The summed E-state index contributed by atoms with van der Waals surface area (Å²) in [6.07, 6.45) is 9.32. The summed E-state index contributed by atoms with van der Waals surface area (Å²) in [4.78, 5) is 0. The first-order chi connectivity index (χ1) is 16.6. The van der Waals surface area contributed by atoms with Crippen molar-refractivity contribution in [1.29, 1.82) is 0 Å². The summed E-state index contributed by atoms with van der Waals surface area (Å²) in [6.45, 7) is 5.66. The Morgan fingerprint density at radius 3 is 2.85 bits per heavy atom. The molecule has 1 saturated carbocycles. The number of hydrogen-bond acceptors (Lipinski definition) is 5. The minimum absolute atomic E-state index is 0.0107. The van der Waals surface area contributed by atoms with E-state index >= 15 is 0 Å². The van der Waals surface area contributed by atoms with E-state index in [1.54, 1.807) is 6.21 Å². The second-order valence-electron chi connectivity index (χ2n) is 10.2. The SMILES string of the molecule is CC[C@H]1[C@@H]2CCc3cc(OCc4cn(Cc5ccccc5)nn4)ccc3[C@H]2CC[C@]1(C)/C=N/O. The molecule has 0 spiro atoms. The molecule has 1 aromatic heterocycles. The molecule has 5 rings (SSSR count). The van der Waals surface area contributed by atoms with Gasteiger partial charge in [-0.1, -0.05) is 61.9 Å². The van der Waals surface area contributed by atoms with E-state index in [0.29, 0.717) is 30.9 Å². The fourth-order valence-electron chi connectivity index (χ4n) is 6.47. The van der Waals surface area contributed by atoms with Crippen LogP contribution in [0.15, 0.2) is 59.9 Å². The predicted molar refractivity (Wildman–Crippen MR) is 132 cm³/mol. The molecule has 6 heteroatoms. The number of aromatic nitrogens is 3. The van der Waals surface area contributed by atoms with Crippen LogP contribution < -0.4 is 4.74 Å². The Kier molecular flexibility index (Phi) is 6.40. The lowest BCUT2D eigenvalue weighted by atomic mass is 9.54. The van der Waals surface area contributed by atoms with E-state index in [1.807, 2.05) is 29.1 Å². The lowest BCUT2D eigenvalue weighted by Crippen LogP contribution is -2.43. The summed E-state index contributed by atoms with van der Waals surface area (Å²) >= 11 is 0. The summed E-state index contributed by atoms with van der Waals surface area (Å²) < 4.78 is 7.95. The largest absolute Gasteiger partial charge is 0.487 e. The third kappa shape index (κ3) is 4.46. The van der Waals surface area contributed by atoms with Gasteiger partial charge in [0, 0.05) is 11.6 Å². The van der Waals surface area contributed by atoms with E-state index in [1.165, 1.54) is 23.1 Å². The zero-order chi connectivity index (χ0) is 23.5. The maximum absolute atomic E-state index is 9.23. The number of rotatable bonds is 7. The molecular weight excluding hydrogens is 424 g/mol. The molecule has 2 aliphatic rings. The fraction of sp³-hybridized carbons (Fsp3) is 0.464. The average molecular weight is 459 g/mol. The molecule has 0 radical (unpaired) electrons. The van der Waals surface area contributed by atoms with Crippen LogP contribution in [-0.4, -0.2) is 26.4 Å². The molecule has 178 valence electrons. The van der Waals surface area contributed by atoms with E-state index in [9.17, 15) is 5.21 Å². The van der Waals surface area contributed by atoms with Gasteiger partial charge in [-0.15, -0.1) is 10.3 Å². The van der Waals surface area contributed by atoms with Crippen molar-refractivity contribution in [1.82, 2.24) is 15.0 Å². The van der Waals surface area contributed by atoms with E-state index in [2.05, 4.69) is 59.6 Å². The Hall–Kier alpha value is -3.15. The molecule has 6 nitrogen and oxygen atoms in total. The van der Waals surface area contributed by atoms with Crippen LogP contribution in [0.2, 0.25) is 0 Å². The number of hydrogen-bond donors (Lipinski definition) is 1. The highest BCUT2D eigenvalue weighted by molar-refractivity contribution is 5.65. The molecule has 34 heavy (non-hydrogen) atoms. The second kappa shape index (κ2) is 9.61. The zero-order valence-corrected chi connectivity index (χ0v) is 20.1. The summed E-state index contributed by atoms with van der Waals surface area (Å²) in [5.41, 5.74) is 4.92. The molecule has 0 aliphatic heterocycles. The van der Waals surface area contributed by atoms with Crippen LogP contribution in [0.1, 0.15) is 67.8 Å². The van der Waals surface area contributed by atoms with E-state index < -0.39 is 0 Å². The first-order valence-electron chi connectivity index (χ1n) is 12.5. The summed E-state index contributed by atoms with van der Waals surface area (Å²) in [7, 11) is 0. The Labute approximate surface area is 201 Å². The van der Waals surface area contributed by atoms with Crippen molar-refractivity contribution in [3.05, 3.63) is 77.1 Å². The molecule has 3 aromatic rings. The average Bonchev–Trinajstić information content (AvgIpc) is 3.30. The number of oxime groups is 1. The van der Waals surface area contributed by atoms with Crippen molar-refractivity contribution < 1.29 is 9.94 Å². The predicted octanol–water partition coefficient (Wildman–Crippen LogP) is 5.84.